The van der Waals surface area contributed by atoms with Crippen molar-refractivity contribution in [2.75, 3.05) is 19.5 Å². The maximum Gasteiger partial charge on any atom is 0.257 e. The molecule has 0 bridgehead atoms. The van der Waals surface area contributed by atoms with Crippen LogP contribution in [-0.4, -0.2) is 30.1 Å². The van der Waals surface area contributed by atoms with Crippen LogP contribution in [0.4, 0.5) is 5.13 Å². The number of carbonyl (C=O) groups is 1. The van der Waals surface area contributed by atoms with Crippen molar-refractivity contribution in [1.29, 1.82) is 0 Å². The predicted molar refractivity (Wildman–Crippen MR) is 101 cm³/mol. The number of anilines is 1. The number of amides is 1. The van der Waals surface area contributed by atoms with E-state index in [4.69, 9.17) is 9.47 Å². The van der Waals surface area contributed by atoms with Gasteiger partial charge in [-0.2, -0.15) is 0 Å². The quantitative estimate of drug-likeness (QED) is 0.669. The van der Waals surface area contributed by atoms with E-state index in [0.717, 1.165) is 11.3 Å². The fourth-order valence-electron chi connectivity index (χ4n) is 2.15. The van der Waals surface area contributed by atoms with Gasteiger partial charge in [-0.3, -0.25) is 15.1 Å². The van der Waals surface area contributed by atoms with Gasteiger partial charge in [0.15, 0.2) is 5.13 Å². The molecule has 2 heterocycles. The highest BCUT2D eigenvalue weighted by Gasteiger charge is 2.16. The van der Waals surface area contributed by atoms with Crippen LogP contribution in [0.3, 0.4) is 0 Å². The van der Waals surface area contributed by atoms with Gasteiger partial charge >= 0.3 is 0 Å². The van der Waals surface area contributed by atoms with Gasteiger partial charge in [0.2, 0.25) is 0 Å². The van der Waals surface area contributed by atoms with Crippen molar-refractivity contribution in [3.05, 3.63) is 52.1 Å². The second kappa shape index (κ2) is 7.62. The second-order valence-electron chi connectivity index (χ2n) is 4.93. The number of nitrogens with zero attached hydrogens (tertiary/aromatic N) is 2. The Balaban J connectivity index is 1.82. The van der Waals surface area contributed by atoms with Crippen LogP contribution in [0.1, 0.15) is 10.4 Å². The topological polar surface area (TPSA) is 73.3 Å². The van der Waals surface area contributed by atoms with Gasteiger partial charge < -0.3 is 9.47 Å². The molecule has 1 N–H and O–H groups in total. The largest absolute Gasteiger partial charge is 0.495 e. The first-order valence-corrected chi connectivity index (χ1v) is 8.88. The molecule has 25 heavy (non-hydrogen) atoms. The van der Waals surface area contributed by atoms with E-state index in [1.807, 2.05) is 17.5 Å². The number of thiazole rings is 1. The van der Waals surface area contributed by atoms with Crippen molar-refractivity contribution < 1.29 is 14.3 Å². The number of carbonyl (C=O) groups excluding carboxylic acids is 1. The van der Waals surface area contributed by atoms with Crippen molar-refractivity contribution in [3.63, 3.8) is 0 Å². The average molecular weight is 420 g/mol. The lowest BCUT2D eigenvalue weighted by Crippen LogP contribution is -2.12. The van der Waals surface area contributed by atoms with Gasteiger partial charge in [0.25, 0.3) is 5.91 Å². The maximum absolute atomic E-state index is 12.5. The van der Waals surface area contributed by atoms with Crippen molar-refractivity contribution >= 4 is 38.3 Å². The molecule has 0 saturated heterocycles. The molecule has 8 heteroatoms. The lowest BCUT2D eigenvalue weighted by atomic mass is 10.2. The highest BCUT2D eigenvalue weighted by molar-refractivity contribution is 9.10. The van der Waals surface area contributed by atoms with Crippen LogP contribution in [0.2, 0.25) is 0 Å². The summed E-state index contributed by atoms with van der Waals surface area (Å²) in [5.41, 5.74) is 2.07. The van der Waals surface area contributed by atoms with Crippen LogP contribution in [0.5, 0.6) is 11.5 Å². The highest BCUT2D eigenvalue weighted by Crippen LogP contribution is 2.36. The Morgan fingerprint density at radius 1 is 1.24 bits per heavy atom. The summed E-state index contributed by atoms with van der Waals surface area (Å²) >= 11 is 4.73. The van der Waals surface area contributed by atoms with Crippen LogP contribution in [-0.2, 0) is 0 Å². The maximum atomic E-state index is 12.5. The van der Waals surface area contributed by atoms with Crippen molar-refractivity contribution in [2.45, 2.75) is 0 Å². The molecular weight excluding hydrogens is 406 g/mol. The monoisotopic (exact) mass is 419 g/mol. The number of aromatic nitrogens is 2. The Hall–Kier alpha value is -2.45. The fraction of sp³-hybridized carbons (Fsp3) is 0.118. The van der Waals surface area contributed by atoms with Gasteiger partial charge in [-0.15, -0.1) is 11.3 Å². The van der Waals surface area contributed by atoms with E-state index in [2.05, 4.69) is 31.2 Å². The first-order valence-electron chi connectivity index (χ1n) is 7.21. The van der Waals surface area contributed by atoms with E-state index in [1.54, 1.807) is 24.5 Å². The van der Waals surface area contributed by atoms with Gasteiger partial charge in [0.05, 0.1) is 19.9 Å². The lowest BCUT2D eigenvalue weighted by molar-refractivity contribution is 0.102. The third-order valence-corrected chi connectivity index (χ3v) is 4.93. The van der Waals surface area contributed by atoms with Gasteiger partial charge in [0.1, 0.15) is 16.0 Å². The molecule has 0 aliphatic heterocycles. The predicted octanol–water partition coefficient (Wildman–Crippen LogP) is 4.24. The number of pyridine rings is 1. The molecule has 0 spiro atoms. The zero-order valence-electron chi connectivity index (χ0n) is 13.4. The Morgan fingerprint density at radius 2 is 1.96 bits per heavy atom. The molecule has 0 unspecified atom stereocenters. The molecule has 2 aromatic heterocycles. The second-order valence-corrected chi connectivity index (χ2v) is 6.58. The van der Waals surface area contributed by atoms with E-state index >= 15 is 0 Å². The number of halogens is 1. The third-order valence-electron chi connectivity index (χ3n) is 3.39. The number of hydrogen-bond donors (Lipinski definition) is 1. The number of rotatable bonds is 5. The van der Waals surface area contributed by atoms with E-state index in [0.29, 0.717) is 26.7 Å². The lowest BCUT2D eigenvalue weighted by Gasteiger charge is -2.11. The third kappa shape index (κ3) is 3.80. The summed E-state index contributed by atoms with van der Waals surface area (Å²) in [7, 11) is 3.06. The standard InChI is InChI=1S/C17H14BrN3O3S/c1-23-13-6-11(7-14(24-2)15(13)18)16(22)21-17-20-12(9-25-17)10-4-3-5-19-8-10/h3-9H,1-2H3,(H,20,21,22). The van der Waals surface area contributed by atoms with E-state index < -0.39 is 0 Å². The van der Waals surface area contributed by atoms with Crippen LogP contribution < -0.4 is 14.8 Å². The molecule has 1 amide bonds. The van der Waals surface area contributed by atoms with Gasteiger partial charge in [-0.05, 0) is 40.2 Å². The van der Waals surface area contributed by atoms with E-state index in [1.165, 1.54) is 25.6 Å². The molecule has 0 aliphatic rings. The summed E-state index contributed by atoms with van der Waals surface area (Å²) in [6.45, 7) is 0. The molecule has 128 valence electrons. The van der Waals surface area contributed by atoms with Gasteiger partial charge in [-0.1, -0.05) is 0 Å². The molecule has 0 saturated carbocycles. The molecule has 0 aliphatic carbocycles. The van der Waals surface area contributed by atoms with Gasteiger partial charge in [0, 0.05) is 28.9 Å². The Kier molecular flexibility index (Phi) is 5.30. The molecular formula is C17H14BrN3O3S. The zero-order chi connectivity index (χ0) is 17.8. The molecule has 0 radical (unpaired) electrons. The zero-order valence-corrected chi connectivity index (χ0v) is 15.8. The normalized spacial score (nSPS) is 10.4. The summed E-state index contributed by atoms with van der Waals surface area (Å²) in [6, 6.07) is 7.03. The van der Waals surface area contributed by atoms with Crippen LogP contribution in [0, 0.1) is 0 Å². The van der Waals surface area contributed by atoms with Crippen LogP contribution in [0.15, 0.2) is 46.5 Å². The molecule has 0 atom stereocenters. The number of nitrogens with one attached hydrogen (secondary N) is 1. The smallest absolute Gasteiger partial charge is 0.257 e. The first kappa shape index (κ1) is 17.4. The summed E-state index contributed by atoms with van der Waals surface area (Å²) in [4.78, 5) is 21.0. The van der Waals surface area contributed by atoms with Crippen molar-refractivity contribution in [2.24, 2.45) is 0 Å². The van der Waals surface area contributed by atoms with Crippen LogP contribution in [0.25, 0.3) is 11.3 Å². The molecule has 6 nitrogen and oxygen atoms in total. The fourth-order valence-corrected chi connectivity index (χ4v) is 3.42. The molecule has 0 fully saturated rings. The number of hydrogen-bond acceptors (Lipinski definition) is 6. The van der Waals surface area contributed by atoms with Crippen molar-refractivity contribution in [1.82, 2.24) is 9.97 Å². The molecule has 1 aromatic carbocycles. The Morgan fingerprint density at radius 3 is 2.56 bits per heavy atom. The molecule has 3 rings (SSSR count). The minimum absolute atomic E-state index is 0.295. The summed E-state index contributed by atoms with van der Waals surface area (Å²) in [5.74, 6) is 0.732. The number of methoxy groups -OCH3 is 2. The highest BCUT2D eigenvalue weighted by atomic mass is 79.9. The summed E-state index contributed by atoms with van der Waals surface area (Å²) in [6.07, 6.45) is 3.43. The number of ether oxygens (including phenoxy) is 2. The minimum Gasteiger partial charge on any atom is -0.495 e. The van der Waals surface area contributed by atoms with Crippen molar-refractivity contribution in [3.8, 4) is 22.8 Å². The SMILES string of the molecule is COc1cc(C(=O)Nc2nc(-c3cccnc3)cs2)cc(OC)c1Br. The van der Waals surface area contributed by atoms with Crippen LogP contribution >= 0.6 is 27.3 Å². The molecule has 3 aromatic rings. The number of benzene rings is 1. The Bertz CT molecular complexity index is 874. The van der Waals surface area contributed by atoms with E-state index in [-0.39, 0.29) is 5.91 Å². The first-order chi connectivity index (χ1) is 12.1. The van der Waals surface area contributed by atoms with Gasteiger partial charge in [-0.25, -0.2) is 4.98 Å². The van der Waals surface area contributed by atoms with E-state index in [9.17, 15) is 4.79 Å². The summed E-state index contributed by atoms with van der Waals surface area (Å²) < 4.78 is 11.2. The minimum atomic E-state index is -0.295. The Labute approximate surface area is 157 Å². The average Bonchev–Trinajstić information content (AvgIpc) is 3.11. The summed E-state index contributed by atoms with van der Waals surface area (Å²) in [5, 5.41) is 5.17.